The van der Waals surface area contributed by atoms with Gasteiger partial charge in [0.2, 0.25) is 5.91 Å². The number of amides is 1. The number of carbonyl (C=O) groups is 1. The van der Waals surface area contributed by atoms with E-state index >= 15 is 0 Å². The Balaban J connectivity index is 1.50. The number of aliphatic hydroxyl groups is 1. The Morgan fingerprint density at radius 2 is 2.30 bits per heavy atom. The second-order valence-corrected chi connectivity index (χ2v) is 6.52. The standard InChI is InChI=1S/C19H23FN2O5/c20-15-3-1-2-13(6-15)10-26-12-18-16(9-23)17(22-27-18)7-19(24)21-8-14-4-5-25-11-14/h1-3,6,14,23H,4-5,7-12H2,(H,21,24). The number of aromatic nitrogens is 1. The third-order valence-electron chi connectivity index (χ3n) is 4.44. The minimum Gasteiger partial charge on any atom is -0.391 e. The molecular formula is C19H23FN2O5. The van der Waals surface area contributed by atoms with E-state index in [9.17, 15) is 14.3 Å². The Hall–Kier alpha value is -2.29. The summed E-state index contributed by atoms with van der Waals surface area (Å²) in [6.07, 6.45) is 0.968. The summed E-state index contributed by atoms with van der Waals surface area (Å²) in [7, 11) is 0. The molecule has 2 heterocycles. The number of nitrogens with one attached hydrogen (secondary N) is 1. The first-order valence-corrected chi connectivity index (χ1v) is 8.89. The molecule has 0 aliphatic carbocycles. The molecule has 0 radical (unpaired) electrons. The molecule has 3 rings (SSSR count). The third-order valence-corrected chi connectivity index (χ3v) is 4.44. The van der Waals surface area contributed by atoms with E-state index in [0.717, 1.165) is 13.0 Å². The van der Waals surface area contributed by atoms with Crippen LogP contribution in [0.4, 0.5) is 4.39 Å². The van der Waals surface area contributed by atoms with Crippen molar-refractivity contribution < 1.29 is 28.3 Å². The van der Waals surface area contributed by atoms with Crippen molar-refractivity contribution in [3.8, 4) is 0 Å². The van der Waals surface area contributed by atoms with Gasteiger partial charge >= 0.3 is 0 Å². The SMILES string of the molecule is O=C(Cc1noc(COCc2cccc(F)c2)c1CO)NCC1CCOC1. The summed E-state index contributed by atoms with van der Waals surface area (Å²) in [6.45, 7) is 1.93. The number of benzene rings is 1. The summed E-state index contributed by atoms with van der Waals surface area (Å²) in [5, 5.41) is 16.3. The molecule has 1 aliphatic heterocycles. The predicted octanol–water partition coefficient (Wildman–Crippen LogP) is 1.72. The maximum absolute atomic E-state index is 13.2. The molecule has 2 aromatic rings. The van der Waals surface area contributed by atoms with Crippen molar-refractivity contribution in [2.24, 2.45) is 5.92 Å². The van der Waals surface area contributed by atoms with E-state index in [1.165, 1.54) is 12.1 Å². The van der Waals surface area contributed by atoms with Gasteiger partial charge < -0.3 is 24.4 Å². The predicted molar refractivity (Wildman–Crippen MR) is 93.0 cm³/mol. The normalized spacial score (nSPS) is 16.6. The number of rotatable bonds is 9. The highest BCUT2D eigenvalue weighted by atomic mass is 19.1. The molecule has 1 aliphatic rings. The zero-order valence-electron chi connectivity index (χ0n) is 14.9. The van der Waals surface area contributed by atoms with E-state index in [1.54, 1.807) is 12.1 Å². The van der Waals surface area contributed by atoms with Crippen molar-refractivity contribution in [1.29, 1.82) is 0 Å². The minimum atomic E-state index is -0.329. The highest BCUT2D eigenvalue weighted by Crippen LogP contribution is 2.17. The van der Waals surface area contributed by atoms with Crippen LogP contribution < -0.4 is 5.32 Å². The van der Waals surface area contributed by atoms with Crippen molar-refractivity contribution in [1.82, 2.24) is 10.5 Å². The summed E-state index contributed by atoms with van der Waals surface area (Å²) < 4.78 is 29.2. The van der Waals surface area contributed by atoms with Crippen LogP contribution >= 0.6 is 0 Å². The Labute approximate surface area is 156 Å². The van der Waals surface area contributed by atoms with Crippen LogP contribution in [0.2, 0.25) is 0 Å². The molecule has 1 amide bonds. The van der Waals surface area contributed by atoms with Crippen LogP contribution in [0, 0.1) is 11.7 Å². The fraction of sp³-hybridized carbons (Fsp3) is 0.474. The van der Waals surface area contributed by atoms with Crippen LogP contribution in [-0.2, 0) is 40.5 Å². The van der Waals surface area contributed by atoms with Gasteiger partial charge in [0.1, 0.15) is 12.4 Å². The van der Waals surface area contributed by atoms with E-state index in [-0.39, 0.29) is 38.0 Å². The quantitative estimate of drug-likeness (QED) is 0.690. The smallest absolute Gasteiger partial charge is 0.226 e. The second kappa shape index (κ2) is 9.59. The molecule has 1 unspecified atom stereocenters. The van der Waals surface area contributed by atoms with Crippen LogP contribution in [-0.4, -0.2) is 35.9 Å². The summed E-state index contributed by atoms with van der Waals surface area (Å²) in [4.78, 5) is 12.1. The summed E-state index contributed by atoms with van der Waals surface area (Å²) >= 11 is 0. The fourth-order valence-electron chi connectivity index (χ4n) is 2.92. The molecule has 8 heteroatoms. The van der Waals surface area contributed by atoms with Crippen LogP contribution in [0.5, 0.6) is 0 Å². The van der Waals surface area contributed by atoms with Crippen molar-refractivity contribution in [2.75, 3.05) is 19.8 Å². The monoisotopic (exact) mass is 378 g/mol. The first-order chi connectivity index (χ1) is 13.2. The van der Waals surface area contributed by atoms with E-state index in [4.69, 9.17) is 14.0 Å². The van der Waals surface area contributed by atoms with Crippen LogP contribution in [0.15, 0.2) is 28.8 Å². The molecule has 1 aromatic carbocycles. The first kappa shape index (κ1) is 19.5. The van der Waals surface area contributed by atoms with Crippen LogP contribution in [0.1, 0.15) is 29.0 Å². The van der Waals surface area contributed by atoms with E-state index in [2.05, 4.69) is 10.5 Å². The van der Waals surface area contributed by atoms with Gasteiger partial charge in [0.25, 0.3) is 0 Å². The lowest BCUT2D eigenvalue weighted by Gasteiger charge is -2.09. The molecule has 0 saturated carbocycles. The van der Waals surface area contributed by atoms with Crippen molar-refractivity contribution in [3.63, 3.8) is 0 Å². The largest absolute Gasteiger partial charge is 0.391 e. The molecule has 0 bridgehead atoms. The number of halogens is 1. The maximum Gasteiger partial charge on any atom is 0.226 e. The van der Waals surface area contributed by atoms with Gasteiger partial charge in [0, 0.05) is 24.6 Å². The third kappa shape index (κ3) is 5.59. The van der Waals surface area contributed by atoms with Gasteiger partial charge in [0.05, 0.1) is 31.9 Å². The molecule has 1 atom stereocenters. The summed E-state index contributed by atoms with van der Waals surface area (Å²) in [5.41, 5.74) is 1.53. The topological polar surface area (TPSA) is 93.8 Å². The molecule has 1 fully saturated rings. The van der Waals surface area contributed by atoms with Gasteiger partial charge in [-0.1, -0.05) is 17.3 Å². The average molecular weight is 378 g/mol. The molecule has 146 valence electrons. The van der Waals surface area contributed by atoms with E-state index < -0.39 is 0 Å². The zero-order valence-corrected chi connectivity index (χ0v) is 14.9. The average Bonchev–Trinajstić information content (AvgIpc) is 3.30. The maximum atomic E-state index is 13.2. The van der Waals surface area contributed by atoms with E-state index in [0.29, 0.717) is 41.7 Å². The summed E-state index contributed by atoms with van der Waals surface area (Å²) in [5.74, 6) is 0.192. The van der Waals surface area contributed by atoms with Crippen molar-refractivity contribution in [3.05, 3.63) is 52.7 Å². The lowest BCUT2D eigenvalue weighted by atomic mass is 10.1. The summed E-state index contributed by atoms with van der Waals surface area (Å²) in [6, 6.07) is 6.11. The van der Waals surface area contributed by atoms with Gasteiger partial charge in [-0.15, -0.1) is 0 Å². The zero-order chi connectivity index (χ0) is 19.1. The fourth-order valence-corrected chi connectivity index (χ4v) is 2.92. The van der Waals surface area contributed by atoms with Crippen molar-refractivity contribution in [2.45, 2.75) is 32.7 Å². The minimum absolute atomic E-state index is 0.0247. The Morgan fingerprint density at radius 3 is 3.04 bits per heavy atom. The number of hydrogen-bond acceptors (Lipinski definition) is 6. The molecule has 1 saturated heterocycles. The highest BCUT2D eigenvalue weighted by molar-refractivity contribution is 5.78. The Kier molecular flexibility index (Phi) is 6.92. The van der Waals surface area contributed by atoms with Gasteiger partial charge in [-0.05, 0) is 24.1 Å². The number of carbonyl (C=O) groups excluding carboxylic acids is 1. The van der Waals surface area contributed by atoms with Crippen LogP contribution in [0.3, 0.4) is 0 Å². The molecule has 7 nitrogen and oxygen atoms in total. The number of aliphatic hydroxyl groups excluding tert-OH is 1. The lowest BCUT2D eigenvalue weighted by Crippen LogP contribution is -2.31. The number of hydrogen-bond donors (Lipinski definition) is 2. The van der Waals surface area contributed by atoms with Crippen molar-refractivity contribution >= 4 is 5.91 Å². The Morgan fingerprint density at radius 1 is 1.41 bits per heavy atom. The first-order valence-electron chi connectivity index (χ1n) is 8.89. The molecule has 1 aromatic heterocycles. The van der Waals surface area contributed by atoms with Gasteiger partial charge in [-0.25, -0.2) is 4.39 Å². The lowest BCUT2D eigenvalue weighted by molar-refractivity contribution is -0.120. The van der Waals surface area contributed by atoms with Gasteiger partial charge in [-0.3, -0.25) is 4.79 Å². The molecule has 27 heavy (non-hydrogen) atoms. The molecular weight excluding hydrogens is 355 g/mol. The van der Waals surface area contributed by atoms with Gasteiger partial charge in [-0.2, -0.15) is 0 Å². The highest BCUT2D eigenvalue weighted by Gasteiger charge is 2.20. The van der Waals surface area contributed by atoms with Gasteiger partial charge in [0.15, 0.2) is 5.76 Å². The van der Waals surface area contributed by atoms with E-state index in [1.807, 2.05) is 0 Å². The second-order valence-electron chi connectivity index (χ2n) is 6.52. The Bertz CT molecular complexity index is 758. The molecule has 0 spiro atoms. The van der Waals surface area contributed by atoms with Crippen LogP contribution in [0.25, 0.3) is 0 Å². The number of nitrogens with zero attached hydrogens (tertiary/aromatic N) is 1. The number of ether oxygens (including phenoxy) is 2. The molecule has 2 N–H and O–H groups in total.